The highest BCUT2D eigenvalue weighted by Gasteiger charge is 2.12. The summed E-state index contributed by atoms with van der Waals surface area (Å²) in [5.41, 5.74) is 0.605. The molecular formula is C10H15NO3S. The monoisotopic (exact) mass is 229 g/mol. The van der Waals surface area contributed by atoms with Gasteiger partial charge in [-0.05, 0) is 18.1 Å². The first-order valence-electron chi connectivity index (χ1n) is 4.74. The number of hydrogen-bond donors (Lipinski definition) is 1. The third-order valence-corrected chi connectivity index (χ3v) is 2.90. The number of sulfonamides is 1. The summed E-state index contributed by atoms with van der Waals surface area (Å²) in [7, 11) is -3.65. The van der Waals surface area contributed by atoms with Gasteiger partial charge in [0, 0.05) is 6.61 Å². The van der Waals surface area contributed by atoms with E-state index in [0.29, 0.717) is 12.2 Å². The Morgan fingerprint density at radius 2 is 2.00 bits per heavy atom. The summed E-state index contributed by atoms with van der Waals surface area (Å²) in [6.07, 6.45) is 0.900. The van der Waals surface area contributed by atoms with Crippen molar-refractivity contribution in [1.82, 2.24) is 0 Å². The van der Waals surface area contributed by atoms with Gasteiger partial charge in [-0.15, -0.1) is 0 Å². The largest absolute Gasteiger partial charge is 0.377 e. The molecular weight excluding hydrogens is 214 g/mol. The number of benzene rings is 1. The summed E-state index contributed by atoms with van der Waals surface area (Å²) in [6, 6.07) is 6.59. The minimum absolute atomic E-state index is 0.140. The zero-order valence-electron chi connectivity index (χ0n) is 8.64. The van der Waals surface area contributed by atoms with Crippen molar-refractivity contribution in [3.63, 3.8) is 0 Å². The van der Waals surface area contributed by atoms with Crippen LogP contribution < -0.4 is 5.14 Å². The normalized spacial score (nSPS) is 11.6. The maximum Gasteiger partial charge on any atom is 0.238 e. The molecule has 0 heterocycles. The Bertz CT molecular complexity index is 414. The van der Waals surface area contributed by atoms with Crippen LogP contribution in [-0.4, -0.2) is 15.0 Å². The molecule has 0 saturated carbocycles. The predicted octanol–water partition coefficient (Wildman–Crippen LogP) is 1.26. The Labute approximate surface area is 90.1 Å². The summed E-state index contributed by atoms with van der Waals surface area (Å²) < 4.78 is 27.7. The van der Waals surface area contributed by atoms with E-state index in [2.05, 4.69) is 0 Å². The minimum Gasteiger partial charge on any atom is -0.377 e. The molecule has 0 fully saturated rings. The zero-order valence-corrected chi connectivity index (χ0v) is 9.46. The van der Waals surface area contributed by atoms with E-state index in [4.69, 9.17) is 9.88 Å². The van der Waals surface area contributed by atoms with Crippen molar-refractivity contribution in [3.05, 3.63) is 29.8 Å². The number of hydrogen-bond acceptors (Lipinski definition) is 3. The van der Waals surface area contributed by atoms with Crippen LogP contribution >= 0.6 is 0 Å². The van der Waals surface area contributed by atoms with E-state index in [1.807, 2.05) is 6.92 Å². The Morgan fingerprint density at radius 1 is 1.33 bits per heavy atom. The lowest BCUT2D eigenvalue weighted by Gasteiger charge is -2.07. The van der Waals surface area contributed by atoms with Crippen LogP contribution in [0.25, 0.3) is 0 Å². The minimum atomic E-state index is -3.65. The summed E-state index contributed by atoms with van der Waals surface area (Å²) in [5, 5.41) is 5.08. The van der Waals surface area contributed by atoms with Crippen molar-refractivity contribution >= 4 is 10.0 Å². The smallest absolute Gasteiger partial charge is 0.238 e. The SMILES string of the molecule is CCCOCc1ccccc1S(N)(=O)=O. The van der Waals surface area contributed by atoms with Crippen molar-refractivity contribution in [2.75, 3.05) is 6.61 Å². The first-order chi connectivity index (χ1) is 7.05. The summed E-state index contributed by atoms with van der Waals surface area (Å²) >= 11 is 0. The molecule has 0 saturated heterocycles. The Kier molecular flexibility index (Phi) is 4.26. The molecule has 2 N–H and O–H groups in total. The second-order valence-electron chi connectivity index (χ2n) is 3.21. The molecule has 0 radical (unpaired) electrons. The second kappa shape index (κ2) is 5.25. The fourth-order valence-corrected chi connectivity index (χ4v) is 1.99. The average Bonchev–Trinajstić information content (AvgIpc) is 2.17. The first-order valence-corrected chi connectivity index (χ1v) is 6.28. The zero-order chi connectivity index (χ0) is 11.3. The van der Waals surface area contributed by atoms with Gasteiger partial charge in [0.05, 0.1) is 11.5 Å². The maximum absolute atomic E-state index is 11.2. The van der Waals surface area contributed by atoms with E-state index < -0.39 is 10.0 Å². The van der Waals surface area contributed by atoms with Crippen LogP contribution in [0.5, 0.6) is 0 Å². The molecule has 0 spiro atoms. The second-order valence-corrected chi connectivity index (χ2v) is 4.74. The van der Waals surface area contributed by atoms with Crippen LogP contribution in [0.15, 0.2) is 29.2 Å². The van der Waals surface area contributed by atoms with Crippen molar-refractivity contribution in [2.24, 2.45) is 5.14 Å². The third-order valence-electron chi connectivity index (χ3n) is 1.89. The molecule has 0 atom stereocenters. The van der Waals surface area contributed by atoms with Crippen LogP contribution in [0.4, 0.5) is 0 Å². The highest BCUT2D eigenvalue weighted by molar-refractivity contribution is 7.89. The fourth-order valence-electron chi connectivity index (χ4n) is 1.23. The molecule has 0 aliphatic carbocycles. The van der Waals surface area contributed by atoms with Crippen LogP contribution in [0.2, 0.25) is 0 Å². The van der Waals surface area contributed by atoms with Gasteiger partial charge in [-0.25, -0.2) is 13.6 Å². The van der Waals surface area contributed by atoms with E-state index in [9.17, 15) is 8.42 Å². The van der Waals surface area contributed by atoms with Gasteiger partial charge >= 0.3 is 0 Å². The van der Waals surface area contributed by atoms with Gasteiger partial charge in [-0.1, -0.05) is 25.1 Å². The summed E-state index contributed by atoms with van der Waals surface area (Å²) in [6.45, 7) is 2.88. The average molecular weight is 229 g/mol. The Hall–Kier alpha value is -0.910. The molecule has 1 aromatic carbocycles. The van der Waals surface area contributed by atoms with Gasteiger partial charge in [-0.3, -0.25) is 0 Å². The lowest BCUT2D eigenvalue weighted by molar-refractivity contribution is 0.120. The number of ether oxygens (including phenoxy) is 1. The van der Waals surface area contributed by atoms with Crippen molar-refractivity contribution in [3.8, 4) is 0 Å². The van der Waals surface area contributed by atoms with E-state index in [1.165, 1.54) is 6.07 Å². The maximum atomic E-state index is 11.2. The van der Waals surface area contributed by atoms with E-state index in [0.717, 1.165) is 6.42 Å². The molecule has 0 amide bonds. The highest BCUT2D eigenvalue weighted by atomic mass is 32.2. The van der Waals surface area contributed by atoms with E-state index in [1.54, 1.807) is 18.2 Å². The lowest BCUT2D eigenvalue weighted by atomic mass is 10.2. The Balaban J connectivity index is 2.88. The number of nitrogens with two attached hydrogens (primary N) is 1. The van der Waals surface area contributed by atoms with Crippen LogP contribution in [-0.2, 0) is 21.4 Å². The fraction of sp³-hybridized carbons (Fsp3) is 0.400. The Morgan fingerprint density at radius 3 is 2.60 bits per heavy atom. The molecule has 1 rings (SSSR count). The molecule has 0 aromatic heterocycles. The topological polar surface area (TPSA) is 69.4 Å². The third kappa shape index (κ3) is 3.62. The standard InChI is InChI=1S/C10H15NO3S/c1-2-7-14-8-9-5-3-4-6-10(9)15(11,12)13/h3-6H,2,7-8H2,1H3,(H2,11,12,13). The van der Waals surface area contributed by atoms with Crippen LogP contribution in [0.3, 0.4) is 0 Å². The number of rotatable bonds is 5. The molecule has 1 aromatic rings. The van der Waals surface area contributed by atoms with Gasteiger partial charge < -0.3 is 4.74 Å². The van der Waals surface area contributed by atoms with Gasteiger partial charge in [0.2, 0.25) is 10.0 Å². The predicted molar refractivity (Wildman–Crippen MR) is 57.8 cm³/mol. The molecule has 15 heavy (non-hydrogen) atoms. The number of primary sulfonamides is 1. The van der Waals surface area contributed by atoms with Gasteiger partial charge in [0.15, 0.2) is 0 Å². The van der Waals surface area contributed by atoms with Crippen molar-refractivity contribution in [2.45, 2.75) is 24.8 Å². The molecule has 84 valence electrons. The summed E-state index contributed by atoms with van der Waals surface area (Å²) in [4.78, 5) is 0.140. The summed E-state index contributed by atoms with van der Waals surface area (Å²) in [5.74, 6) is 0. The first kappa shape index (κ1) is 12.2. The quantitative estimate of drug-likeness (QED) is 0.773. The van der Waals surface area contributed by atoms with Crippen molar-refractivity contribution < 1.29 is 13.2 Å². The molecule has 0 aliphatic rings. The van der Waals surface area contributed by atoms with E-state index >= 15 is 0 Å². The molecule has 0 aliphatic heterocycles. The molecule has 0 unspecified atom stereocenters. The molecule has 0 bridgehead atoms. The lowest BCUT2D eigenvalue weighted by Crippen LogP contribution is -2.14. The van der Waals surface area contributed by atoms with Crippen LogP contribution in [0, 0.1) is 0 Å². The van der Waals surface area contributed by atoms with Crippen LogP contribution in [0.1, 0.15) is 18.9 Å². The molecule has 5 heteroatoms. The van der Waals surface area contributed by atoms with Gasteiger partial charge in [0.25, 0.3) is 0 Å². The van der Waals surface area contributed by atoms with Crippen molar-refractivity contribution in [1.29, 1.82) is 0 Å². The highest BCUT2D eigenvalue weighted by Crippen LogP contribution is 2.14. The van der Waals surface area contributed by atoms with Gasteiger partial charge in [0.1, 0.15) is 0 Å². The van der Waals surface area contributed by atoms with E-state index in [-0.39, 0.29) is 11.5 Å². The molecule has 4 nitrogen and oxygen atoms in total. The van der Waals surface area contributed by atoms with Gasteiger partial charge in [-0.2, -0.15) is 0 Å².